The van der Waals surface area contributed by atoms with Crippen molar-refractivity contribution in [3.8, 4) is 5.69 Å². The van der Waals surface area contributed by atoms with Crippen LogP contribution in [0.3, 0.4) is 0 Å². The predicted molar refractivity (Wildman–Crippen MR) is 119 cm³/mol. The third kappa shape index (κ3) is 3.81. The SMILES string of the molecule is CCc1ccc(-n2c(C)nc3cc(C(=O)N[C@@H]4CCC[C@@H](C)[C@@H]4C)ccc32)cc1. The molecule has 3 aromatic rings. The molecule has 2 aromatic carbocycles. The molecule has 4 rings (SSSR count). The Morgan fingerprint density at radius 2 is 1.90 bits per heavy atom. The number of hydrogen-bond donors (Lipinski definition) is 1. The molecular weight excluding hydrogens is 358 g/mol. The molecule has 1 saturated carbocycles. The highest BCUT2D eigenvalue weighted by molar-refractivity contribution is 5.97. The van der Waals surface area contributed by atoms with Crippen molar-refractivity contribution in [2.24, 2.45) is 11.8 Å². The van der Waals surface area contributed by atoms with Crippen LogP contribution in [0.4, 0.5) is 0 Å². The number of nitrogens with one attached hydrogen (secondary N) is 1. The molecule has 1 heterocycles. The monoisotopic (exact) mass is 389 g/mol. The summed E-state index contributed by atoms with van der Waals surface area (Å²) in [5, 5.41) is 3.27. The summed E-state index contributed by atoms with van der Waals surface area (Å²) in [5.41, 5.74) is 5.00. The van der Waals surface area contributed by atoms with Crippen LogP contribution < -0.4 is 5.32 Å². The number of imidazole rings is 1. The van der Waals surface area contributed by atoms with Crippen LogP contribution >= 0.6 is 0 Å². The average Bonchev–Trinajstić information content (AvgIpc) is 3.06. The maximum Gasteiger partial charge on any atom is 0.251 e. The number of aryl methyl sites for hydroxylation is 2. The van der Waals surface area contributed by atoms with E-state index in [2.05, 4.69) is 54.9 Å². The first kappa shape index (κ1) is 19.7. The minimum Gasteiger partial charge on any atom is -0.349 e. The number of carbonyl (C=O) groups is 1. The van der Waals surface area contributed by atoms with Gasteiger partial charge in [0.2, 0.25) is 0 Å². The molecule has 1 amide bonds. The molecule has 1 aliphatic rings. The Morgan fingerprint density at radius 3 is 2.62 bits per heavy atom. The van der Waals surface area contributed by atoms with Gasteiger partial charge in [0.15, 0.2) is 0 Å². The van der Waals surface area contributed by atoms with Crippen molar-refractivity contribution in [2.75, 3.05) is 0 Å². The third-order valence-electron chi connectivity index (χ3n) is 6.71. The Labute approximate surface area is 173 Å². The molecule has 0 aliphatic heterocycles. The van der Waals surface area contributed by atoms with E-state index < -0.39 is 0 Å². The summed E-state index contributed by atoms with van der Waals surface area (Å²) in [7, 11) is 0. The number of hydrogen-bond acceptors (Lipinski definition) is 2. The van der Waals surface area contributed by atoms with Gasteiger partial charge in [-0.15, -0.1) is 0 Å². The van der Waals surface area contributed by atoms with Gasteiger partial charge in [0.1, 0.15) is 5.82 Å². The Bertz CT molecular complexity index is 1020. The smallest absolute Gasteiger partial charge is 0.251 e. The first-order chi connectivity index (χ1) is 14.0. The van der Waals surface area contributed by atoms with Gasteiger partial charge >= 0.3 is 0 Å². The van der Waals surface area contributed by atoms with Gasteiger partial charge < -0.3 is 5.32 Å². The Morgan fingerprint density at radius 1 is 1.14 bits per heavy atom. The van der Waals surface area contributed by atoms with E-state index in [-0.39, 0.29) is 11.9 Å². The maximum absolute atomic E-state index is 12.9. The molecule has 4 heteroatoms. The summed E-state index contributed by atoms with van der Waals surface area (Å²) in [5.74, 6) is 2.12. The van der Waals surface area contributed by atoms with E-state index in [1.807, 2.05) is 25.1 Å². The summed E-state index contributed by atoms with van der Waals surface area (Å²) in [6.07, 6.45) is 4.55. The van der Waals surface area contributed by atoms with E-state index in [0.29, 0.717) is 17.4 Å². The molecule has 1 N–H and O–H groups in total. The average molecular weight is 390 g/mol. The molecule has 4 nitrogen and oxygen atoms in total. The number of aromatic nitrogens is 2. The van der Waals surface area contributed by atoms with Crippen molar-refractivity contribution >= 4 is 16.9 Å². The van der Waals surface area contributed by atoms with Crippen LogP contribution in [-0.2, 0) is 6.42 Å². The third-order valence-corrected chi connectivity index (χ3v) is 6.71. The lowest BCUT2D eigenvalue weighted by molar-refractivity contribution is 0.0891. The minimum absolute atomic E-state index is 0.0114. The molecule has 152 valence electrons. The number of carbonyl (C=O) groups excluding carboxylic acids is 1. The lowest BCUT2D eigenvalue weighted by Gasteiger charge is -2.34. The summed E-state index contributed by atoms with van der Waals surface area (Å²) < 4.78 is 2.15. The van der Waals surface area contributed by atoms with Crippen LogP contribution in [-0.4, -0.2) is 21.5 Å². The molecule has 0 spiro atoms. The lowest BCUT2D eigenvalue weighted by atomic mass is 9.78. The van der Waals surface area contributed by atoms with Gasteiger partial charge in [-0.2, -0.15) is 0 Å². The summed E-state index contributed by atoms with van der Waals surface area (Å²) in [4.78, 5) is 17.6. The summed E-state index contributed by atoms with van der Waals surface area (Å²) in [6, 6.07) is 14.7. The predicted octanol–water partition coefficient (Wildman–Crippen LogP) is 5.45. The molecule has 3 atom stereocenters. The van der Waals surface area contributed by atoms with Gasteiger partial charge in [0.05, 0.1) is 11.0 Å². The zero-order valence-electron chi connectivity index (χ0n) is 17.9. The molecule has 1 fully saturated rings. The van der Waals surface area contributed by atoms with Crippen LogP contribution in [0.5, 0.6) is 0 Å². The highest BCUT2D eigenvalue weighted by Crippen LogP contribution is 2.30. The number of fused-ring (bicyclic) bond motifs is 1. The van der Waals surface area contributed by atoms with Crippen molar-refractivity contribution < 1.29 is 4.79 Å². The molecule has 1 aliphatic carbocycles. The topological polar surface area (TPSA) is 46.9 Å². The van der Waals surface area contributed by atoms with Crippen LogP contribution in [0.1, 0.15) is 61.8 Å². The molecule has 29 heavy (non-hydrogen) atoms. The number of benzene rings is 2. The fourth-order valence-corrected chi connectivity index (χ4v) is 4.59. The lowest BCUT2D eigenvalue weighted by Crippen LogP contribution is -2.43. The first-order valence-electron chi connectivity index (χ1n) is 10.9. The number of amides is 1. The second-order valence-electron chi connectivity index (χ2n) is 8.57. The second-order valence-corrected chi connectivity index (χ2v) is 8.57. The van der Waals surface area contributed by atoms with Gasteiger partial charge in [-0.1, -0.05) is 45.7 Å². The van der Waals surface area contributed by atoms with Crippen molar-refractivity contribution in [1.82, 2.24) is 14.9 Å². The number of rotatable bonds is 4. The van der Waals surface area contributed by atoms with Gasteiger partial charge in [-0.25, -0.2) is 4.98 Å². The summed E-state index contributed by atoms with van der Waals surface area (Å²) >= 11 is 0. The zero-order valence-corrected chi connectivity index (χ0v) is 17.9. The van der Waals surface area contributed by atoms with Crippen LogP contribution in [0.2, 0.25) is 0 Å². The first-order valence-corrected chi connectivity index (χ1v) is 10.9. The van der Waals surface area contributed by atoms with Crippen molar-refractivity contribution in [1.29, 1.82) is 0 Å². The highest BCUT2D eigenvalue weighted by Gasteiger charge is 2.28. The standard InChI is InChI=1S/C25H31N3O/c1-5-19-9-12-21(13-10-19)28-18(4)26-23-15-20(11-14-24(23)28)25(29)27-22-8-6-7-16(2)17(22)3/h9-17,22H,5-8H2,1-4H3,(H,27,29)/t16-,17+,22-/m1/s1. The van der Waals surface area contributed by atoms with E-state index in [1.165, 1.54) is 18.4 Å². The van der Waals surface area contributed by atoms with Gasteiger partial charge in [0, 0.05) is 17.3 Å². The Balaban J connectivity index is 1.60. The Hall–Kier alpha value is -2.62. The maximum atomic E-state index is 12.9. The fourth-order valence-electron chi connectivity index (χ4n) is 4.59. The zero-order chi connectivity index (χ0) is 20.5. The summed E-state index contributed by atoms with van der Waals surface area (Å²) in [6.45, 7) is 8.72. The molecule has 1 aromatic heterocycles. The van der Waals surface area contributed by atoms with Crippen molar-refractivity contribution in [3.05, 3.63) is 59.4 Å². The van der Waals surface area contributed by atoms with Gasteiger partial charge in [-0.05, 0) is 67.5 Å². The molecule has 0 saturated heterocycles. The molecule has 0 bridgehead atoms. The van der Waals surface area contributed by atoms with E-state index in [4.69, 9.17) is 4.98 Å². The van der Waals surface area contributed by atoms with Crippen LogP contribution in [0.15, 0.2) is 42.5 Å². The van der Waals surface area contributed by atoms with E-state index in [0.717, 1.165) is 35.4 Å². The van der Waals surface area contributed by atoms with E-state index in [1.54, 1.807) is 0 Å². The van der Waals surface area contributed by atoms with E-state index in [9.17, 15) is 4.79 Å². The van der Waals surface area contributed by atoms with Crippen LogP contribution in [0, 0.1) is 18.8 Å². The van der Waals surface area contributed by atoms with Gasteiger partial charge in [-0.3, -0.25) is 9.36 Å². The van der Waals surface area contributed by atoms with Gasteiger partial charge in [0.25, 0.3) is 5.91 Å². The highest BCUT2D eigenvalue weighted by atomic mass is 16.1. The second kappa shape index (κ2) is 8.02. The van der Waals surface area contributed by atoms with Crippen LogP contribution in [0.25, 0.3) is 16.7 Å². The number of nitrogens with zero attached hydrogens (tertiary/aromatic N) is 2. The molecular formula is C25H31N3O. The van der Waals surface area contributed by atoms with Crippen molar-refractivity contribution in [3.63, 3.8) is 0 Å². The normalized spacial score (nSPS) is 22.0. The molecule has 0 radical (unpaired) electrons. The van der Waals surface area contributed by atoms with Crippen molar-refractivity contribution in [2.45, 2.75) is 59.4 Å². The van der Waals surface area contributed by atoms with E-state index >= 15 is 0 Å². The minimum atomic E-state index is 0.0114. The largest absolute Gasteiger partial charge is 0.349 e. The molecule has 0 unspecified atom stereocenters. The quantitative estimate of drug-likeness (QED) is 0.645. The Kier molecular flexibility index (Phi) is 5.44. The fraction of sp³-hybridized carbons (Fsp3) is 0.440.